The molecule has 126 valence electrons. The van der Waals surface area contributed by atoms with Crippen molar-refractivity contribution in [2.24, 2.45) is 0 Å². The molecule has 0 aromatic carbocycles. The molecule has 0 bridgehead atoms. The maximum absolute atomic E-state index is 9.51. The summed E-state index contributed by atoms with van der Waals surface area (Å²) in [6.45, 7) is 4.79. The van der Waals surface area contributed by atoms with E-state index in [1.807, 2.05) is 0 Å². The van der Waals surface area contributed by atoms with Crippen molar-refractivity contribution in [3.05, 3.63) is 12.3 Å². The minimum Gasteiger partial charge on any atom is -0.506 e. The van der Waals surface area contributed by atoms with E-state index in [9.17, 15) is 5.11 Å². The van der Waals surface area contributed by atoms with Crippen molar-refractivity contribution in [3.63, 3.8) is 0 Å². The number of ether oxygens (including phenoxy) is 1. The van der Waals surface area contributed by atoms with Crippen molar-refractivity contribution < 1.29 is 14.3 Å². The number of nitrogens with one attached hydrogen (secondary N) is 1. The van der Waals surface area contributed by atoms with E-state index < -0.39 is 0 Å². The van der Waals surface area contributed by atoms with Crippen LogP contribution < -0.4 is 10.1 Å². The quantitative estimate of drug-likeness (QED) is 0.816. The van der Waals surface area contributed by atoms with Gasteiger partial charge >= 0.3 is 0 Å². The molecular formula is C17H27N4O2+. The molecule has 4 rings (SSSR count). The first-order chi connectivity index (χ1) is 11.1. The number of nitrogens with zero attached hydrogens (tertiary/aromatic N) is 3. The summed E-state index contributed by atoms with van der Waals surface area (Å²) in [5.74, 6) is 1.52. The average Bonchev–Trinajstić information content (AvgIpc) is 2.99. The zero-order chi connectivity index (χ0) is 15.9. The maximum atomic E-state index is 9.51. The highest BCUT2D eigenvalue weighted by Gasteiger charge is 2.39. The molecule has 2 N–H and O–H groups in total. The van der Waals surface area contributed by atoms with Gasteiger partial charge in [0.05, 0.1) is 32.4 Å². The number of quaternary nitrogens is 1. The molecule has 3 aliphatic heterocycles. The fourth-order valence-electron chi connectivity index (χ4n) is 4.41. The average molecular weight is 319 g/mol. The van der Waals surface area contributed by atoms with E-state index in [1.54, 1.807) is 6.07 Å². The number of aromatic hydroxyl groups is 1. The van der Waals surface area contributed by atoms with Gasteiger partial charge in [0, 0.05) is 32.0 Å². The van der Waals surface area contributed by atoms with Gasteiger partial charge < -0.3 is 19.6 Å². The van der Waals surface area contributed by atoms with Gasteiger partial charge in [-0.05, 0) is 19.3 Å². The van der Waals surface area contributed by atoms with E-state index in [0.29, 0.717) is 5.75 Å². The first-order valence-electron chi connectivity index (χ1n) is 8.84. The van der Waals surface area contributed by atoms with Crippen molar-refractivity contribution in [2.45, 2.75) is 44.5 Å². The summed E-state index contributed by atoms with van der Waals surface area (Å²) in [6, 6.07) is 2.42. The Morgan fingerprint density at radius 3 is 2.74 bits per heavy atom. The third-order valence-corrected chi connectivity index (χ3v) is 5.89. The van der Waals surface area contributed by atoms with E-state index in [1.165, 1.54) is 55.9 Å². The third kappa shape index (κ3) is 2.85. The number of aromatic nitrogens is 1. The van der Waals surface area contributed by atoms with Crippen LogP contribution in [0.2, 0.25) is 0 Å². The molecule has 6 heteroatoms. The molecule has 2 saturated heterocycles. The Kier molecular flexibility index (Phi) is 3.81. The summed E-state index contributed by atoms with van der Waals surface area (Å²) in [4.78, 5) is 6.54. The Hall–Kier alpha value is -1.53. The van der Waals surface area contributed by atoms with E-state index in [4.69, 9.17) is 4.74 Å². The number of pyridine rings is 1. The standard InChI is InChI=1S/C17H26N4O2/c1-21(9-3-2-4-10-21)13-5-7-20(8-6-13)17-19-16-15(23-17)11-14(22)12-18-16/h11-13,17H,2-10H2,1H3,(H-,18,19,22)/p+1. The number of hydrogen-bond donors (Lipinski definition) is 2. The summed E-state index contributed by atoms with van der Waals surface area (Å²) in [6.07, 6.45) is 7.94. The van der Waals surface area contributed by atoms with Crippen LogP contribution >= 0.6 is 0 Å². The van der Waals surface area contributed by atoms with Gasteiger partial charge in [-0.3, -0.25) is 4.90 Å². The Morgan fingerprint density at radius 1 is 1.26 bits per heavy atom. The number of piperidine rings is 2. The molecule has 0 radical (unpaired) electrons. The Bertz CT molecular complexity index is 566. The molecule has 3 aliphatic rings. The molecule has 0 saturated carbocycles. The first kappa shape index (κ1) is 15.0. The number of rotatable bonds is 2. The van der Waals surface area contributed by atoms with Gasteiger partial charge in [0.1, 0.15) is 5.75 Å². The van der Waals surface area contributed by atoms with E-state index in [0.717, 1.165) is 24.9 Å². The Balaban J connectivity index is 1.36. The monoisotopic (exact) mass is 319 g/mol. The highest BCUT2D eigenvalue weighted by Crippen LogP contribution is 2.35. The predicted molar refractivity (Wildman–Crippen MR) is 88.3 cm³/mol. The lowest BCUT2D eigenvalue weighted by molar-refractivity contribution is -0.938. The zero-order valence-electron chi connectivity index (χ0n) is 13.9. The first-order valence-corrected chi connectivity index (χ1v) is 8.84. The van der Waals surface area contributed by atoms with Crippen LogP contribution in [0, 0.1) is 0 Å². The van der Waals surface area contributed by atoms with Crippen molar-refractivity contribution in [3.8, 4) is 11.5 Å². The van der Waals surface area contributed by atoms with Crippen LogP contribution in [0.5, 0.6) is 11.5 Å². The van der Waals surface area contributed by atoms with Crippen LogP contribution in [0.4, 0.5) is 5.82 Å². The molecule has 0 amide bonds. The highest BCUT2D eigenvalue weighted by atomic mass is 16.5. The SMILES string of the molecule is C[N+]1(C2CCN(C3Nc4ncc(O)cc4O3)CC2)CCCCC1. The number of likely N-dealkylation sites (tertiary alicyclic amines) is 2. The lowest BCUT2D eigenvalue weighted by Crippen LogP contribution is -2.59. The molecule has 23 heavy (non-hydrogen) atoms. The lowest BCUT2D eigenvalue weighted by Gasteiger charge is -2.47. The zero-order valence-corrected chi connectivity index (χ0v) is 13.9. The molecule has 1 atom stereocenters. The summed E-state index contributed by atoms with van der Waals surface area (Å²) in [5.41, 5.74) is 0. The van der Waals surface area contributed by atoms with Gasteiger partial charge in [-0.25, -0.2) is 4.98 Å². The second-order valence-corrected chi connectivity index (χ2v) is 7.41. The second kappa shape index (κ2) is 5.83. The summed E-state index contributed by atoms with van der Waals surface area (Å²) >= 11 is 0. The summed E-state index contributed by atoms with van der Waals surface area (Å²) < 4.78 is 7.19. The maximum Gasteiger partial charge on any atom is 0.231 e. The van der Waals surface area contributed by atoms with Gasteiger partial charge in [-0.2, -0.15) is 0 Å². The van der Waals surface area contributed by atoms with Gasteiger partial charge in [0.15, 0.2) is 11.6 Å². The Morgan fingerprint density at radius 2 is 2.00 bits per heavy atom. The largest absolute Gasteiger partial charge is 0.506 e. The smallest absolute Gasteiger partial charge is 0.231 e. The van der Waals surface area contributed by atoms with Gasteiger partial charge in [-0.1, -0.05) is 0 Å². The molecule has 1 aromatic rings. The van der Waals surface area contributed by atoms with E-state index >= 15 is 0 Å². The molecule has 2 fully saturated rings. The van der Waals surface area contributed by atoms with Crippen molar-refractivity contribution >= 4 is 5.82 Å². The number of anilines is 1. The number of hydrogen-bond acceptors (Lipinski definition) is 5. The molecule has 1 unspecified atom stereocenters. The molecule has 4 heterocycles. The van der Waals surface area contributed by atoms with Gasteiger partial charge in [0.2, 0.25) is 6.35 Å². The fraction of sp³-hybridized carbons (Fsp3) is 0.706. The molecule has 6 nitrogen and oxygen atoms in total. The van der Waals surface area contributed by atoms with Crippen molar-refractivity contribution in [1.29, 1.82) is 0 Å². The normalized spacial score (nSPS) is 28.0. The second-order valence-electron chi connectivity index (χ2n) is 7.41. The van der Waals surface area contributed by atoms with Gasteiger partial charge in [-0.15, -0.1) is 0 Å². The number of fused-ring (bicyclic) bond motifs is 1. The van der Waals surface area contributed by atoms with Crippen molar-refractivity contribution in [1.82, 2.24) is 9.88 Å². The molecule has 1 aromatic heterocycles. The minimum atomic E-state index is -0.146. The lowest BCUT2D eigenvalue weighted by atomic mass is 9.97. The van der Waals surface area contributed by atoms with E-state index in [2.05, 4.69) is 22.2 Å². The molecule has 0 spiro atoms. The highest BCUT2D eigenvalue weighted by molar-refractivity contribution is 5.55. The van der Waals surface area contributed by atoms with Crippen LogP contribution in [0.3, 0.4) is 0 Å². The third-order valence-electron chi connectivity index (χ3n) is 5.89. The van der Waals surface area contributed by atoms with Crippen molar-refractivity contribution in [2.75, 3.05) is 38.5 Å². The van der Waals surface area contributed by atoms with Crippen LogP contribution in [-0.4, -0.2) is 65.1 Å². The fourth-order valence-corrected chi connectivity index (χ4v) is 4.41. The summed E-state index contributed by atoms with van der Waals surface area (Å²) in [7, 11) is 2.45. The predicted octanol–water partition coefficient (Wildman–Crippen LogP) is 1.97. The summed E-state index contributed by atoms with van der Waals surface area (Å²) in [5, 5.41) is 12.8. The molecular weight excluding hydrogens is 292 g/mol. The van der Waals surface area contributed by atoms with Crippen LogP contribution in [0.15, 0.2) is 12.3 Å². The van der Waals surface area contributed by atoms with Crippen LogP contribution in [-0.2, 0) is 0 Å². The van der Waals surface area contributed by atoms with Crippen LogP contribution in [0.1, 0.15) is 32.1 Å². The topological polar surface area (TPSA) is 57.6 Å². The molecule has 0 aliphatic carbocycles. The van der Waals surface area contributed by atoms with Gasteiger partial charge in [0.25, 0.3) is 0 Å². The Labute approximate surface area is 137 Å². The minimum absolute atomic E-state index is 0.146. The van der Waals surface area contributed by atoms with E-state index in [-0.39, 0.29) is 12.1 Å². The van der Waals surface area contributed by atoms with Crippen LogP contribution in [0.25, 0.3) is 0 Å².